The van der Waals surface area contributed by atoms with Gasteiger partial charge in [0, 0.05) is 29.3 Å². The molecule has 2 aromatic carbocycles. The molecule has 8 heteroatoms. The largest absolute Gasteiger partial charge is 0.489 e. The molecule has 1 aromatic heterocycles. The molecule has 176 valence electrons. The van der Waals surface area contributed by atoms with Gasteiger partial charge in [-0.1, -0.05) is 30.7 Å². The molecule has 0 unspecified atom stereocenters. The van der Waals surface area contributed by atoms with Crippen LogP contribution in [0.1, 0.15) is 44.6 Å². The molecule has 0 aliphatic heterocycles. The highest BCUT2D eigenvalue weighted by atomic mass is 35.5. The Kier molecular flexibility index (Phi) is 6.58. The fourth-order valence-corrected chi connectivity index (χ4v) is 5.86. The van der Waals surface area contributed by atoms with E-state index in [1.165, 1.54) is 6.26 Å². The Hall–Kier alpha value is -2.35. The number of rotatable bonds is 6. The monoisotopic (exact) mass is 488 g/mol. The molecule has 3 aromatic rings. The number of ether oxygens (including phenoxy) is 1. The zero-order valence-corrected chi connectivity index (χ0v) is 20.4. The van der Waals surface area contributed by atoms with Crippen molar-refractivity contribution in [2.75, 3.05) is 6.26 Å². The second kappa shape index (κ2) is 9.12. The molecule has 0 spiro atoms. The van der Waals surface area contributed by atoms with Crippen LogP contribution in [-0.4, -0.2) is 31.8 Å². The Balaban J connectivity index is 1.59. The van der Waals surface area contributed by atoms with Gasteiger partial charge in [0.05, 0.1) is 16.0 Å². The molecule has 1 aliphatic carbocycles. The molecule has 1 heterocycles. The maximum atomic E-state index is 12.1. The van der Waals surface area contributed by atoms with Gasteiger partial charge in [-0.15, -0.1) is 0 Å². The van der Waals surface area contributed by atoms with Crippen molar-refractivity contribution in [2.45, 2.75) is 61.5 Å². The van der Waals surface area contributed by atoms with Crippen LogP contribution in [0.5, 0.6) is 5.75 Å². The molecular formula is C25H29ClN2O4S. The molecule has 6 nitrogen and oxygen atoms in total. The highest BCUT2D eigenvalue weighted by Crippen LogP contribution is 2.44. The topological polar surface area (TPSA) is 102 Å². The van der Waals surface area contributed by atoms with E-state index < -0.39 is 9.84 Å². The molecule has 33 heavy (non-hydrogen) atoms. The molecule has 3 N–H and O–H groups in total. The number of pyridine rings is 1. The van der Waals surface area contributed by atoms with Gasteiger partial charge in [-0.25, -0.2) is 8.42 Å². The van der Waals surface area contributed by atoms with Gasteiger partial charge < -0.3 is 15.5 Å². The molecule has 0 radical (unpaired) electrons. The lowest BCUT2D eigenvalue weighted by Crippen LogP contribution is -2.49. The summed E-state index contributed by atoms with van der Waals surface area (Å²) in [7, 11) is -3.31. The first kappa shape index (κ1) is 23.8. The average Bonchev–Trinajstić information content (AvgIpc) is 2.80. The van der Waals surface area contributed by atoms with Crippen LogP contribution >= 0.6 is 11.6 Å². The third-order valence-corrected chi connectivity index (χ3v) is 8.34. The summed E-state index contributed by atoms with van der Waals surface area (Å²) in [5.41, 5.74) is 7.11. The number of H-pyrrole nitrogens is 1. The van der Waals surface area contributed by atoms with Crippen LogP contribution in [0.25, 0.3) is 10.8 Å². The second-order valence-corrected chi connectivity index (χ2v) is 11.4. The highest BCUT2D eigenvalue weighted by molar-refractivity contribution is 7.90. The molecule has 4 rings (SSSR count). The Morgan fingerprint density at radius 1 is 1.21 bits per heavy atom. The van der Waals surface area contributed by atoms with Crippen molar-refractivity contribution in [2.24, 2.45) is 5.73 Å². The first-order valence-electron chi connectivity index (χ1n) is 11.2. The lowest BCUT2D eigenvalue weighted by Gasteiger charge is -2.44. The van der Waals surface area contributed by atoms with Crippen molar-refractivity contribution in [3.63, 3.8) is 0 Å². The van der Waals surface area contributed by atoms with Gasteiger partial charge in [0.15, 0.2) is 9.84 Å². The third-order valence-electron chi connectivity index (χ3n) is 6.93. The minimum atomic E-state index is -3.31. The summed E-state index contributed by atoms with van der Waals surface area (Å²) >= 11 is 6.42. The summed E-state index contributed by atoms with van der Waals surface area (Å²) in [6.45, 7) is 2.06. The van der Waals surface area contributed by atoms with Gasteiger partial charge in [0.2, 0.25) is 0 Å². The van der Waals surface area contributed by atoms with E-state index in [9.17, 15) is 13.2 Å². The molecular weight excluding hydrogens is 460 g/mol. The maximum absolute atomic E-state index is 12.1. The quantitative estimate of drug-likeness (QED) is 0.528. The number of nitrogens with one attached hydrogen (secondary N) is 1. The summed E-state index contributed by atoms with van der Waals surface area (Å²) in [6.07, 6.45) is 6.67. The lowest BCUT2D eigenvalue weighted by molar-refractivity contribution is 0.104. The number of nitrogens with two attached hydrogens (primary N) is 1. The number of aromatic amines is 1. The summed E-state index contributed by atoms with van der Waals surface area (Å²) in [5, 5.41) is 1.70. The average molecular weight is 489 g/mol. The van der Waals surface area contributed by atoms with Crippen LogP contribution in [0.3, 0.4) is 0 Å². The molecule has 0 amide bonds. The van der Waals surface area contributed by atoms with Crippen LogP contribution in [0.4, 0.5) is 0 Å². The molecule has 1 atom stereocenters. The van der Waals surface area contributed by atoms with Gasteiger partial charge in [0.25, 0.3) is 5.56 Å². The van der Waals surface area contributed by atoms with E-state index in [0.29, 0.717) is 21.1 Å². The Morgan fingerprint density at radius 2 is 1.94 bits per heavy atom. The third kappa shape index (κ3) is 4.67. The fraction of sp³-hybridized carbons (Fsp3) is 0.400. The first-order chi connectivity index (χ1) is 15.6. The number of benzene rings is 2. The van der Waals surface area contributed by atoms with E-state index in [-0.39, 0.29) is 23.1 Å². The lowest BCUT2D eigenvalue weighted by atomic mass is 9.64. The number of fused-ring (bicyclic) bond motifs is 1. The predicted molar refractivity (Wildman–Crippen MR) is 132 cm³/mol. The van der Waals surface area contributed by atoms with E-state index >= 15 is 0 Å². The van der Waals surface area contributed by atoms with E-state index in [4.69, 9.17) is 22.1 Å². The fourth-order valence-electron chi connectivity index (χ4n) is 4.98. The standard InChI is InChI=1S/C25H29ClN2O4S/c1-3-23(27)25(17-5-4-6-19(14-17)33(2,30)31)10-7-18(8-11-25)32-22-13-16-9-12-28-24(29)20(16)15-21(22)26/h4-6,9,12-15,18,23H,3,7-8,10-11,27H2,1-2H3,(H,28,29)/t18-,23-,25-/m1/s1. The van der Waals surface area contributed by atoms with Crippen molar-refractivity contribution in [1.82, 2.24) is 4.98 Å². The predicted octanol–water partition coefficient (Wildman–Crippen LogP) is 4.58. The van der Waals surface area contributed by atoms with Crippen molar-refractivity contribution in [1.29, 1.82) is 0 Å². The smallest absolute Gasteiger partial charge is 0.255 e. The van der Waals surface area contributed by atoms with E-state index in [1.54, 1.807) is 30.5 Å². The van der Waals surface area contributed by atoms with Gasteiger partial charge in [-0.3, -0.25) is 4.79 Å². The van der Waals surface area contributed by atoms with Gasteiger partial charge in [0.1, 0.15) is 5.75 Å². The number of aromatic nitrogens is 1. The molecule has 1 aliphatic rings. The second-order valence-electron chi connectivity index (χ2n) is 8.96. The molecule has 1 fully saturated rings. The Labute approximate surface area is 199 Å². The number of hydrogen-bond donors (Lipinski definition) is 2. The van der Waals surface area contributed by atoms with Gasteiger partial charge in [-0.2, -0.15) is 0 Å². The van der Waals surface area contributed by atoms with Crippen LogP contribution in [0.2, 0.25) is 5.02 Å². The number of hydrogen-bond acceptors (Lipinski definition) is 5. The Bertz CT molecular complexity index is 1330. The summed E-state index contributed by atoms with van der Waals surface area (Å²) in [4.78, 5) is 15.0. The summed E-state index contributed by atoms with van der Waals surface area (Å²) in [6, 6.07) is 12.4. The van der Waals surface area contributed by atoms with Gasteiger partial charge in [-0.05, 0) is 73.4 Å². The highest BCUT2D eigenvalue weighted by Gasteiger charge is 2.42. The van der Waals surface area contributed by atoms with Crippen molar-refractivity contribution < 1.29 is 13.2 Å². The number of sulfone groups is 1. The number of halogens is 1. The zero-order chi connectivity index (χ0) is 23.8. The first-order valence-corrected chi connectivity index (χ1v) is 13.4. The SMILES string of the molecule is CC[C@@H](N)[C@]1(c2cccc(S(C)(=O)=O)c2)CC[C@@H](Oc2cc3cc[nH]c(=O)c3cc2Cl)CC1. The van der Waals surface area contributed by atoms with E-state index in [2.05, 4.69) is 11.9 Å². The van der Waals surface area contributed by atoms with Crippen LogP contribution in [0, 0.1) is 0 Å². The summed E-state index contributed by atoms with van der Waals surface area (Å²) in [5.74, 6) is 0.561. The zero-order valence-electron chi connectivity index (χ0n) is 18.8. The van der Waals surface area contributed by atoms with Crippen molar-refractivity contribution in [3.8, 4) is 5.75 Å². The van der Waals surface area contributed by atoms with Crippen molar-refractivity contribution >= 4 is 32.2 Å². The van der Waals surface area contributed by atoms with Crippen molar-refractivity contribution in [3.05, 3.63) is 69.6 Å². The maximum Gasteiger partial charge on any atom is 0.255 e. The van der Waals surface area contributed by atoms with E-state index in [1.807, 2.05) is 18.2 Å². The van der Waals surface area contributed by atoms with Gasteiger partial charge >= 0.3 is 0 Å². The van der Waals surface area contributed by atoms with Crippen LogP contribution in [-0.2, 0) is 15.3 Å². The molecule has 0 saturated heterocycles. The Morgan fingerprint density at radius 3 is 2.61 bits per heavy atom. The summed E-state index contributed by atoms with van der Waals surface area (Å²) < 4.78 is 30.5. The van der Waals surface area contributed by atoms with E-state index in [0.717, 1.165) is 43.1 Å². The minimum absolute atomic E-state index is 0.0442. The normalized spacial score (nSPS) is 22.2. The minimum Gasteiger partial charge on any atom is -0.489 e. The van der Waals surface area contributed by atoms with Crippen LogP contribution in [0.15, 0.2) is 58.4 Å². The molecule has 1 saturated carbocycles. The molecule has 0 bridgehead atoms. The van der Waals surface area contributed by atoms with Crippen LogP contribution < -0.4 is 16.0 Å².